The fourth-order valence-corrected chi connectivity index (χ4v) is 5.60. The summed E-state index contributed by atoms with van der Waals surface area (Å²) in [6, 6.07) is 15.8. The largest absolute Gasteiger partial charge is 0.477 e. The summed E-state index contributed by atoms with van der Waals surface area (Å²) in [6.07, 6.45) is 14.8. The quantitative estimate of drug-likeness (QED) is 0.185. The smallest absolute Gasteiger partial charge is 0.346 e. The predicted octanol–water partition coefficient (Wildman–Crippen LogP) is 7.45. The molecule has 2 unspecified atom stereocenters. The Hall–Kier alpha value is -3.32. The molecule has 2 aromatic carbocycles. The van der Waals surface area contributed by atoms with Crippen molar-refractivity contribution in [2.24, 2.45) is 0 Å². The maximum atomic E-state index is 11.0. The van der Waals surface area contributed by atoms with Crippen LogP contribution in [-0.4, -0.2) is 17.1 Å². The lowest BCUT2D eigenvalue weighted by Crippen LogP contribution is -2.27. The Bertz CT molecular complexity index is 1150. The van der Waals surface area contributed by atoms with Gasteiger partial charge in [-0.25, -0.2) is 4.79 Å². The van der Waals surface area contributed by atoms with Crippen molar-refractivity contribution in [3.8, 4) is 6.07 Å². The van der Waals surface area contributed by atoms with E-state index in [9.17, 15) is 4.79 Å². The first kappa shape index (κ1) is 23.8. The lowest BCUT2D eigenvalue weighted by Gasteiger charge is -2.29. The molecule has 1 N–H and O–H groups in total. The normalized spacial score (nSPS) is 19.3. The third-order valence-electron chi connectivity index (χ3n) is 7.26. The first-order valence-corrected chi connectivity index (χ1v) is 12.6. The summed E-state index contributed by atoms with van der Waals surface area (Å²) in [6.45, 7) is 4.49. The van der Waals surface area contributed by atoms with Crippen LogP contribution in [0.4, 0.5) is 11.4 Å². The van der Waals surface area contributed by atoms with Crippen LogP contribution in [0.2, 0.25) is 0 Å². The molecule has 1 aliphatic carbocycles. The number of hydrogen-bond acceptors (Lipinski definition) is 3. The predicted molar refractivity (Wildman–Crippen MR) is 138 cm³/mol. The summed E-state index contributed by atoms with van der Waals surface area (Å²) in [5, 5.41) is 17.9. The first-order chi connectivity index (χ1) is 16.5. The fraction of sp³-hybridized carbons (Fsp3) is 0.400. The molecule has 2 aliphatic rings. The van der Waals surface area contributed by atoms with Crippen LogP contribution in [0.3, 0.4) is 0 Å². The van der Waals surface area contributed by atoms with Crippen molar-refractivity contribution in [3.63, 3.8) is 0 Å². The number of aliphatic carboxylic acids is 1. The second-order valence-electron chi connectivity index (χ2n) is 9.58. The number of carboxylic acids is 1. The van der Waals surface area contributed by atoms with Crippen molar-refractivity contribution >= 4 is 23.4 Å². The highest BCUT2D eigenvalue weighted by Gasteiger charge is 2.42. The topological polar surface area (TPSA) is 64.3 Å². The van der Waals surface area contributed by atoms with Crippen LogP contribution >= 0.6 is 0 Å². The van der Waals surface area contributed by atoms with E-state index in [1.165, 1.54) is 79.1 Å². The molecule has 2 atom stereocenters. The maximum Gasteiger partial charge on any atom is 0.346 e. The zero-order chi connectivity index (χ0) is 24.1. The molecule has 4 heteroatoms. The second-order valence-corrected chi connectivity index (χ2v) is 9.58. The van der Waals surface area contributed by atoms with Crippen LogP contribution in [0.5, 0.6) is 0 Å². The van der Waals surface area contributed by atoms with Crippen LogP contribution < -0.4 is 4.90 Å². The molecule has 0 aromatic heterocycles. The van der Waals surface area contributed by atoms with Gasteiger partial charge in [-0.05, 0) is 79.1 Å². The first-order valence-electron chi connectivity index (χ1n) is 12.6. The van der Waals surface area contributed by atoms with Gasteiger partial charge in [-0.15, -0.1) is 0 Å². The molecule has 0 saturated heterocycles. The third kappa shape index (κ3) is 4.94. The van der Waals surface area contributed by atoms with Gasteiger partial charge in [-0.1, -0.05) is 63.0 Å². The Morgan fingerprint density at radius 1 is 1.15 bits per heavy atom. The highest BCUT2D eigenvalue weighted by molar-refractivity contribution is 5.91. The number of rotatable bonds is 9. The number of carboxylic acid groups (broad SMARTS) is 1. The highest BCUT2D eigenvalue weighted by atomic mass is 16.4. The molecule has 1 fully saturated rings. The van der Waals surface area contributed by atoms with Gasteiger partial charge >= 0.3 is 5.97 Å². The minimum atomic E-state index is -1.20. The molecule has 0 radical (unpaired) electrons. The van der Waals surface area contributed by atoms with E-state index in [0.29, 0.717) is 12.0 Å². The number of aryl methyl sites for hydroxylation is 2. The zero-order valence-electron chi connectivity index (χ0n) is 20.3. The molecule has 2 aromatic rings. The van der Waals surface area contributed by atoms with Gasteiger partial charge in [0.2, 0.25) is 0 Å². The van der Waals surface area contributed by atoms with Crippen molar-refractivity contribution in [1.82, 2.24) is 0 Å². The molecule has 0 amide bonds. The number of anilines is 2. The number of carbonyl (C=O) groups is 1. The summed E-state index contributed by atoms with van der Waals surface area (Å²) in [5.41, 5.74) is 7.55. The third-order valence-corrected chi connectivity index (χ3v) is 7.26. The number of allylic oxidation sites excluding steroid dienone is 2. The Morgan fingerprint density at radius 2 is 1.97 bits per heavy atom. The molecule has 1 heterocycles. The van der Waals surface area contributed by atoms with Gasteiger partial charge in [-0.2, -0.15) is 5.26 Å². The number of nitriles is 1. The van der Waals surface area contributed by atoms with Crippen LogP contribution in [-0.2, 0) is 11.2 Å². The van der Waals surface area contributed by atoms with E-state index in [0.717, 1.165) is 12.0 Å². The SMILES string of the molecule is CCCCCCc1ccc(N2c3ccc(/C=C/C=C(\C#N)C(=O)O)cc3C3CCCC32)c(C)c1. The average Bonchev–Trinajstić information content (AvgIpc) is 3.41. The van der Waals surface area contributed by atoms with E-state index < -0.39 is 5.97 Å². The summed E-state index contributed by atoms with van der Waals surface area (Å²) in [4.78, 5) is 13.6. The van der Waals surface area contributed by atoms with Crippen molar-refractivity contribution < 1.29 is 9.90 Å². The molecule has 0 spiro atoms. The maximum absolute atomic E-state index is 11.0. The van der Waals surface area contributed by atoms with Crippen LogP contribution in [0.15, 0.2) is 54.1 Å². The average molecular weight is 455 g/mol. The van der Waals surface area contributed by atoms with E-state index in [1.807, 2.05) is 6.08 Å². The monoisotopic (exact) mass is 454 g/mol. The van der Waals surface area contributed by atoms with Crippen LogP contribution in [0.1, 0.15) is 80.0 Å². The molecule has 0 bridgehead atoms. The summed E-state index contributed by atoms with van der Waals surface area (Å²) in [5.74, 6) is -0.673. The Kier molecular flexibility index (Phi) is 7.53. The van der Waals surface area contributed by atoms with Gasteiger partial charge in [0.25, 0.3) is 0 Å². The van der Waals surface area contributed by atoms with Crippen LogP contribution in [0, 0.1) is 18.3 Å². The minimum absolute atomic E-state index is 0.260. The van der Waals surface area contributed by atoms with E-state index in [4.69, 9.17) is 10.4 Å². The van der Waals surface area contributed by atoms with Gasteiger partial charge in [0, 0.05) is 23.3 Å². The standard InChI is InChI=1S/C30H34N2O2/c1-3-4-5-6-9-22-14-16-27(21(2)18-22)32-28-13-8-12-25(28)26-19-23(15-17-29(26)32)10-7-11-24(20-31)30(33)34/h7,10-11,14-19,25,28H,3-6,8-9,12-13H2,1-2H3,(H,33,34)/b10-7+,24-11+. The van der Waals surface area contributed by atoms with Crippen molar-refractivity contribution in [1.29, 1.82) is 5.26 Å². The van der Waals surface area contributed by atoms with Gasteiger partial charge in [0.1, 0.15) is 11.6 Å². The lowest BCUT2D eigenvalue weighted by molar-refractivity contribution is -0.132. The second kappa shape index (κ2) is 10.7. The molecule has 34 heavy (non-hydrogen) atoms. The van der Waals surface area contributed by atoms with Crippen molar-refractivity contribution in [2.75, 3.05) is 4.90 Å². The molecular formula is C30H34N2O2. The minimum Gasteiger partial charge on any atom is -0.477 e. The molecule has 4 rings (SSSR count). The van der Waals surface area contributed by atoms with Crippen molar-refractivity contribution in [3.05, 3.63) is 76.4 Å². The van der Waals surface area contributed by atoms with E-state index in [1.54, 1.807) is 12.1 Å². The zero-order valence-corrected chi connectivity index (χ0v) is 20.3. The molecule has 4 nitrogen and oxygen atoms in total. The van der Waals surface area contributed by atoms with Gasteiger partial charge in [0.05, 0.1) is 0 Å². The van der Waals surface area contributed by atoms with E-state index in [-0.39, 0.29) is 5.57 Å². The highest BCUT2D eigenvalue weighted by Crippen LogP contribution is 2.53. The fourth-order valence-electron chi connectivity index (χ4n) is 5.60. The van der Waals surface area contributed by atoms with Crippen molar-refractivity contribution in [2.45, 2.75) is 77.2 Å². The molecule has 176 valence electrons. The Balaban J connectivity index is 1.59. The number of benzene rings is 2. The summed E-state index contributed by atoms with van der Waals surface area (Å²) in [7, 11) is 0. The molecule has 1 aliphatic heterocycles. The number of hydrogen-bond donors (Lipinski definition) is 1. The van der Waals surface area contributed by atoms with E-state index in [2.05, 4.69) is 55.1 Å². The van der Waals surface area contributed by atoms with Gasteiger partial charge < -0.3 is 10.0 Å². The Labute approximate surface area is 203 Å². The van der Waals surface area contributed by atoms with Gasteiger partial charge in [-0.3, -0.25) is 0 Å². The van der Waals surface area contributed by atoms with Crippen LogP contribution in [0.25, 0.3) is 6.08 Å². The molecule has 1 saturated carbocycles. The summed E-state index contributed by atoms with van der Waals surface area (Å²) >= 11 is 0. The summed E-state index contributed by atoms with van der Waals surface area (Å²) < 4.78 is 0. The lowest BCUT2D eigenvalue weighted by atomic mass is 9.96. The Morgan fingerprint density at radius 3 is 2.71 bits per heavy atom. The van der Waals surface area contributed by atoms with Gasteiger partial charge in [0.15, 0.2) is 0 Å². The molecular weight excluding hydrogens is 420 g/mol. The number of unbranched alkanes of at least 4 members (excludes halogenated alkanes) is 3. The number of fused-ring (bicyclic) bond motifs is 3. The van der Waals surface area contributed by atoms with E-state index >= 15 is 0 Å². The number of nitrogens with zero attached hydrogens (tertiary/aromatic N) is 2.